The third-order valence-corrected chi connectivity index (χ3v) is 6.12. The number of carbonyl (C=O) groups is 2. The number of benzene rings is 2. The van der Waals surface area contributed by atoms with Gasteiger partial charge >= 0.3 is 0 Å². The molecule has 11 heteroatoms. The van der Waals surface area contributed by atoms with Gasteiger partial charge in [-0.2, -0.15) is 0 Å². The first kappa shape index (κ1) is 29.2. The molecule has 0 saturated carbocycles. The molecule has 38 heavy (non-hydrogen) atoms. The minimum atomic E-state index is -3.24. The van der Waals surface area contributed by atoms with Crippen LogP contribution in [0.25, 0.3) is 0 Å². The van der Waals surface area contributed by atoms with Gasteiger partial charge in [0.05, 0.1) is 6.10 Å². The van der Waals surface area contributed by atoms with Gasteiger partial charge in [0.25, 0.3) is 12.3 Å². The summed E-state index contributed by atoms with van der Waals surface area (Å²) in [7, 11) is 0. The molecule has 0 spiro atoms. The number of aliphatic hydroxyl groups excluding tert-OH is 3. The molecule has 1 amide bonds. The van der Waals surface area contributed by atoms with E-state index in [9.17, 15) is 38.8 Å². The lowest BCUT2D eigenvalue weighted by atomic mass is 9.93. The number of hydrogen-bond acceptors (Lipinski definition) is 8. The quantitative estimate of drug-likeness (QED) is 0.332. The summed E-state index contributed by atoms with van der Waals surface area (Å²) < 4.78 is 37.2. The molecule has 1 fully saturated rings. The first-order valence-corrected chi connectivity index (χ1v) is 11.7. The Hall–Kier alpha value is -3.40. The lowest BCUT2D eigenvalue weighted by Crippen LogP contribution is -2.58. The molecule has 0 radical (unpaired) electrons. The molecular weight excluding hydrogens is 504 g/mol. The Morgan fingerprint density at radius 2 is 1.50 bits per heavy atom. The molecule has 0 aromatic heterocycles. The van der Waals surface area contributed by atoms with E-state index in [1.165, 1.54) is 24.3 Å². The summed E-state index contributed by atoms with van der Waals surface area (Å²) in [5, 5.41) is 41.8. The van der Waals surface area contributed by atoms with Gasteiger partial charge in [-0.15, -0.1) is 0 Å². The van der Waals surface area contributed by atoms with Gasteiger partial charge in [0, 0.05) is 16.7 Å². The highest BCUT2D eigenvalue weighted by molar-refractivity contribution is 5.98. The van der Waals surface area contributed by atoms with E-state index in [0.29, 0.717) is 16.9 Å². The van der Waals surface area contributed by atoms with Gasteiger partial charge in [0.1, 0.15) is 35.7 Å². The van der Waals surface area contributed by atoms with Crippen molar-refractivity contribution in [3.05, 3.63) is 65.2 Å². The summed E-state index contributed by atoms with van der Waals surface area (Å²) in [4.78, 5) is 24.2. The van der Waals surface area contributed by atoms with Crippen molar-refractivity contribution in [3.8, 4) is 17.6 Å². The van der Waals surface area contributed by atoms with Crippen LogP contribution in [-0.2, 0) is 9.53 Å². The van der Waals surface area contributed by atoms with E-state index in [-0.39, 0.29) is 5.56 Å². The van der Waals surface area contributed by atoms with Crippen LogP contribution in [0.2, 0.25) is 0 Å². The zero-order valence-electron chi connectivity index (χ0n) is 20.8. The van der Waals surface area contributed by atoms with Crippen molar-refractivity contribution < 1.29 is 48.3 Å². The summed E-state index contributed by atoms with van der Waals surface area (Å²) in [6, 6.07) is 10.6. The second-order valence-electron chi connectivity index (χ2n) is 9.19. The lowest BCUT2D eigenvalue weighted by Gasteiger charge is -2.38. The third kappa shape index (κ3) is 6.72. The summed E-state index contributed by atoms with van der Waals surface area (Å²) in [6.45, 7) is 3.34. The number of ketones is 1. The van der Waals surface area contributed by atoms with Crippen LogP contribution < -0.4 is 10.1 Å². The van der Waals surface area contributed by atoms with Crippen LogP contribution >= 0.6 is 0 Å². The average Bonchev–Trinajstić information content (AvgIpc) is 2.88. The lowest BCUT2D eigenvalue weighted by molar-refractivity contribution is -0.268. The zero-order valence-corrected chi connectivity index (χ0v) is 20.8. The Balaban J connectivity index is 1.63. The number of carbonyl (C=O) groups excluding carboxylic acids is 2. The predicted molar refractivity (Wildman–Crippen MR) is 130 cm³/mol. The third-order valence-electron chi connectivity index (χ3n) is 6.12. The molecule has 9 nitrogen and oxygen atoms in total. The average molecular weight is 534 g/mol. The minimum Gasteiger partial charge on any atom is -0.462 e. The normalized spacial score (nSPS) is 25.5. The van der Waals surface area contributed by atoms with Gasteiger partial charge in [-0.25, -0.2) is 8.78 Å². The van der Waals surface area contributed by atoms with Gasteiger partial charge in [-0.3, -0.25) is 9.59 Å². The van der Waals surface area contributed by atoms with Gasteiger partial charge in [0.2, 0.25) is 6.29 Å². The van der Waals surface area contributed by atoms with E-state index >= 15 is 0 Å². The summed E-state index contributed by atoms with van der Waals surface area (Å²) in [6.07, 6.45) is -9.21. The largest absolute Gasteiger partial charge is 0.462 e. The molecule has 1 unspecified atom stereocenters. The topological polar surface area (TPSA) is 146 Å². The smallest absolute Gasteiger partial charge is 0.269 e. The summed E-state index contributed by atoms with van der Waals surface area (Å²) >= 11 is 0. The van der Waals surface area contributed by atoms with Crippen LogP contribution in [0.1, 0.15) is 42.3 Å². The number of Topliss-reactive ketones (excluding diaryl/α,β-unsaturated/α-hetero) is 1. The fourth-order valence-corrected chi connectivity index (χ4v) is 3.71. The van der Waals surface area contributed by atoms with Gasteiger partial charge in [-0.05, 0) is 69.3 Å². The van der Waals surface area contributed by atoms with E-state index in [0.717, 1.165) is 13.8 Å². The Kier molecular flexibility index (Phi) is 9.19. The van der Waals surface area contributed by atoms with Crippen LogP contribution in [-0.4, -0.2) is 80.9 Å². The monoisotopic (exact) mass is 533 g/mol. The molecule has 5 N–H and O–H groups in total. The Bertz CT molecular complexity index is 1190. The molecule has 1 saturated heterocycles. The molecule has 1 aliphatic heterocycles. The molecule has 204 valence electrons. The van der Waals surface area contributed by atoms with Gasteiger partial charge < -0.3 is 35.2 Å². The van der Waals surface area contributed by atoms with Gasteiger partial charge in [0.15, 0.2) is 5.78 Å². The maximum absolute atomic E-state index is 13.1. The molecular formula is C27H29F2NO8. The fraction of sp³-hybridized carbons (Fsp3) is 0.407. The van der Waals surface area contributed by atoms with Gasteiger partial charge in [-0.1, -0.05) is 11.8 Å². The number of aliphatic hydroxyl groups is 4. The fourth-order valence-electron chi connectivity index (χ4n) is 3.71. The number of amides is 1. The highest BCUT2D eigenvalue weighted by Gasteiger charge is 2.45. The molecule has 3 rings (SSSR count). The number of ether oxygens (including phenoxy) is 2. The molecule has 2 aromatic carbocycles. The van der Waals surface area contributed by atoms with E-state index in [1.54, 1.807) is 31.2 Å². The second-order valence-corrected chi connectivity index (χ2v) is 9.19. The number of rotatable bonds is 7. The van der Waals surface area contributed by atoms with Crippen molar-refractivity contribution in [1.29, 1.82) is 0 Å². The molecule has 1 heterocycles. The predicted octanol–water partition coefficient (Wildman–Crippen LogP) is 0.996. The Morgan fingerprint density at radius 1 is 0.974 bits per heavy atom. The van der Waals surface area contributed by atoms with E-state index in [2.05, 4.69) is 17.2 Å². The molecule has 0 aliphatic carbocycles. The van der Waals surface area contributed by atoms with Crippen molar-refractivity contribution in [2.75, 3.05) is 0 Å². The molecule has 7 atom stereocenters. The number of alkyl halides is 2. The molecule has 1 aliphatic rings. The minimum absolute atomic E-state index is 0.0902. The van der Waals surface area contributed by atoms with Crippen molar-refractivity contribution in [2.24, 2.45) is 0 Å². The van der Waals surface area contributed by atoms with E-state index in [4.69, 9.17) is 9.47 Å². The van der Waals surface area contributed by atoms with Crippen LogP contribution in [0.3, 0.4) is 0 Å². The maximum Gasteiger partial charge on any atom is 0.269 e. The van der Waals surface area contributed by atoms with Crippen LogP contribution in [0.5, 0.6) is 5.75 Å². The first-order chi connectivity index (χ1) is 17.8. The van der Waals surface area contributed by atoms with Crippen molar-refractivity contribution >= 4 is 11.7 Å². The number of halogens is 2. The SMILES string of the molecule is CC(=O)[C@@H](NC(=O)c1ccc(C#Cc2ccc(OC3O[C@@H](C)[C@@H](O)[C@@H](O)[C@@H]3O)cc2)cc1)[C@](C)(O)C(F)F. The zero-order chi connectivity index (χ0) is 28.2. The van der Waals surface area contributed by atoms with Crippen LogP contribution in [0.15, 0.2) is 48.5 Å². The second kappa shape index (κ2) is 12.0. The highest BCUT2D eigenvalue weighted by Crippen LogP contribution is 2.24. The Morgan fingerprint density at radius 3 is 2.00 bits per heavy atom. The maximum atomic E-state index is 13.1. The van der Waals surface area contributed by atoms with Crippen molar-refractivity contribution in [1.82, 2.24) is 5.32 Å². The Labute approximate surface area is 218 Å². The van der Waals surface area contributed by atoms with Crippen LogP contribution in [0, 0.1) is 11.8 Å². The van der Waals surface area contributed by atoms with Crippen molar-refractivity contribution in [2.45, 2.75) is 69.5 Å². The molecule has 2 aromatic rings. The summed E-state index contributed by atoms with van der Waals surface area (Å²) in [5.41, 5.74) is -1.47. The first-order valence-electron chi connectivity index (χ1n) is 11.7. The van der Waals surface area contributed by atoms with Crippen LogP contribution in [0.4, 0.5) is 8.78 Å². The van der Waals surface area contributed by atoms with E-state index < -0.39 is 60.5 Å². The highest BCUT2D eigenvalue weighted by atomic mass is 19.3. The number of hydrogen-bond donors (Lipinski definition) is 5. The van der Waals surface area contributed by atoms with Crippen molar-refractivity contribution in [3.63, 3.8) is 0 Å². The number of nitrogens with one attached hydrogen (secondary N) is 1. The standard InChI is InChI=1S/C27H29F2NO8/c1-14(31)23(27(3,36)26(28)29)30-24(35)18-10-6-16(7-11-18)4-5-17-8-12-19(13-9-17)38-25-22(34)21(33)20(32)15(2)37-25/h6-13,15,20-23,25-26,32-34,36H,1-3H3,(H,30,35)/t15-,20+,21+,22-,23+,25?,27-/m0/s1. The summed E-state index contributed by atoms with van der Waals surface area (Å²) in [5.74, 6) is 4.57. The molecule has 0 bridgehead atoms. The van der Waals surface area contributed by atoms with E-state index in [1.807, 2.05) is 0 Å².